The van der Waals surface area contributed by atoms with Gasteiger partial charge in [-0.3, -0.25) is 4.79 Å². The molecular formula is C12H21NO. The summed E-state index contributed by atoms with van der Waals surface area (Å²) in [6.07, 6.45) is 6.35. The average Bonchev–Trinajstić information content (AvgIpc) is 2.10. The Morgan fingerprint density at radius 1 is 1.71 bits per heavy atom. The van der Waals surface area contributed by atoms with Crippen LogP contribution in [0, 0.1) is 11.8 Å². The fourth-order valence-electron chi connectivity index (χ4n) is 2.31. The van der Waals surface area contributed by atoms with Gasteiger partial charge in [-0.2, -0.15) is 0 Å². The first-order valence-corrected chi connectivity index (χ1v) is 5.51. The summed E-state index contributed by atoms with van der Waals surface area (Å²) >= 11 is 0. The van der Waals surface area contributed by atoms with Crippen LogP contribution in [0.25, 0.3) is 0 Å². The van der Waals surface area contributed by atoms with E-state index in [1.807, 2.05) is 6.08 Å². The quantitative estimate of drug-likeness (QED) is 0.699. The summed E-state index contributed by atoms with van der Waals surface area (Å²) in [7, 11) is 0. The minimum atomic E-state index is 0.230. The molecule has 2 N–H and O–H groups in total. The van der Waals surface area contributed by atoms with Crippen LogP contribution in [-0.4, -0.2) is 11.8 Å². The van der Waals surface area contributed by atoms with Gasteiger partial charge in [0.1, 0.15) is 5.78 Å². The number of Topliss-reactive ketones (excluding diaryl/α,β-unsaturated/α-hetero) is 1. The van der Waals surface area contributed by atoms with Gasteiger partial charge >= 0.3 is 0 Å². The number of carbonyl (C=O) groups excluding carboxylic acids is 1. The van der Waals surface area contributed by atoms with E-state index in [1.54, 1.807) is 0 Å². The Balaban J connectivity index is 2.36. The van der Waals surface area contributed by atoms with Gasteiger partial charge in [0.25, 0.3) is 0 Å². The van der Waals surface area contributed by atoms with Gasteiger partial charge in [-0.05, 0) is 31.1 Å². The Morgan fingerprint density at radius 2 is 2.43 bits per heavy atom. The SMILES string of the molecule is C=CCC(N)C[C@H]1CCC(=O)C[C@H]1C. The molecule has 0 aromatic carbocycles. The summed E-state index contributed by atoms with van der Waals surface area (Å²) in [6, 6.07) is 0.230. The minimum Gasteiger partial charge on any atom is -0.327 e. The standard InChI is InChI=1S/C12H21NO/c1-3-4-11(13)8-10-5-6-12(14)7-9(10)2/h3,9-11H,1,4-8,13H2,2H3/t9-,10-,11?/m1/s1. The fourth-order valence-corrected chi connectivity index (χ4v) is 2.31. The molecular weight excluding hydrogens is 174 g/mol. The van der Waals surface area contributed by atoms with Crippen molar-refractivity contribution in [2.45, 2.75) is 45.1 Å². The largest absolute Gasteiger partial charge is 0.327 e. The normalized spacial score (nSPS) is 30.0. The van der Waals surface area contributed by atoms with Crippen molar-refractivity contribution in [1.29, 1.82) is 0 Å². The van der Waals surface area contributed by atoms with E-state index in [0.717, 1.165) is 32.1 Å². The molecule has 1 rings (SSSR count). The predicted molar refractivity (Wildman–Crippen MR) is 58.9 cm³/mol. The molecule has 3 atom stereocenters. The van der Waals surface area contributed by atoms with Crippen molar-refractivity contribution in [3.63, 3.8) is 0 Å². The Bertz CT molecular complexity index is 212. The summed E-state index contributed by atoms with van der Waals surface area (Å²) in [5.41, 5.74) is 5.96. The summed E-state index contributed by atoms with van der Waals surface area (Å²) in [5, 5.41) is 0. The zero-order valence-corrected chi connectivity index (χ0v) is 9.04. The maximum absolute atomic E-state index is 11.2. The van der Waals surface area contributed by atoms with Crippen LogP contribution < -0.4 is 5.73 Å². The van der Waals surface area contributed by atoms with Crippen molar-refractivity contribution in [1.82, 2.24) is 0 Å². The Morgan fingerprint density at radius 3 is 3.00 bits per heavy atom. The Hall–Kier alpha value is -0.630. The van der Waals surface area contributed by atoms with E-state index in [0.29, 0.717) is 17.6 Å². The van der Waals surface area contributed by atoms with E-state index in [1.165, 1.54) is 0 Å². The maximum Gasteiger partial charge on any atom is 0.133 e. The van der Waals surface area contributed by atoms with E-state index in [9.17, 15) is 4.79 Å². The zero-order valence-electron chi connectivity index (χ0n) is 9.04. The topological polar surface area (TPSA) is 43.1 Å². The third kappa shape index (κ3) is 3.26. The lowest BCUT2D eigenvalue weighted by Crippen LogP contribution is -2.30. The smallest absolute Gasteiger partial charge is 0.133 e. The molecule has 1 aliphatic rings. The monoisotopic (exact) mass is 195 g/mol. The number of rotatable bonds is 4. The lowest BCUT2D eigenvalue weighted by molar-refractivity contribution is -0.122. The van der Waals surface area contributed by atoms with Crippen LogP contribution in [0.4, 0.5) is 0 Å². The van der Waals surface area contributed by atoms with Crippen molar-refractivity contribution >= 4 is 5.78 Å². The van der Waals surface area contributed by atoms with Crippen molar-refractivity contribution in [2.75, 3.05) is 0 Å². The molecule has 2 heteroatoms. The highest BCUT2D eigenvalue weighted by Crippen LogP contribution is 2.31. The predicted octanol–water partition coefficient (Wildman–Crippen LogP) is 2.29. The van der Waals surface area contributed by atoms with Gasteiger partial charge in [-0.1, -0.05) is 13.0 Å². The van der Waals surface area contributed by atoms with Crippen LogP contribution in [0.1, 0.15) is 39.0 Å². The zero-order chi connectivity index (χ0) is 10.6. The number of nitrogens with two attached hydrogens (primary N) is 1. The third-order valence-electron chi connectivity index (χ3n) is 3.22. The molecule has 2 nitrogen and oxygen atoms in total. The molecule has 1 fully saturated rings. The number of hydrogen-bond acceptors (Lipinski definition) is 2. The van der Waals surface area contributed by atoms with Crippen LogP contribution in [0.2, 0.25) is 0 Å². The van der Waals surface area contributed by atoms with Crippen molar-refractivity contribution < 1.29 is 4.79 Å². The van der Waals surface area contributed by atoms with Gasteiger partial charge < -0.3 is 5.73 Å². The van der Waals surface area contributed by atoms with Crippen molar-refractivity contribution in [2.24, 2.45) is 17.6 Å². The van der Waals surface area contributed by atoms with Gasteiger partial charge in [0.15, 0.2) is 0 Å². The summed E-state index contributed by atoms with van der Waals surface area (Å²) < 4.78 is 0. The van der Waals surface area contributed by atoms with E-state index < -0.39 is 0 Å². The van der Waals surface area contributed by atoms with Gasteiger partial charge in [0.2, 0.25) is 0 Å². The first-order valence-electron chi connectivity index (χ1n) is 5.51. The lowest BCUT2D eigenvalue weighted by Gasteiger charge is -2.29. The van der Waals surface area contributed by atoms with Gasteiger partial charge in [-0.25, -0.2) is 0 Å². The highest BCUT2D eigenvalue weighted by molar-refractivity contribution is 5.79. The van der Waals surface area contributed by atoms with E-state index in [-0.39, 0.29) is 6.04 Å². The molecule has 0 radical (unpaired) electrons. The molecule has 80 valence electrons. The van der Waals surface area contributed by atoms with Gasteiger partial charge in [0, 0.05) is 18.9 Å². The molecule has 14 heavy (non-hydrogen) atoms. The molecule has 0 aliphatic heterocycles. The third-order valence-corrected chi connectivity index (χ3v) is 3.22. The highest BCUT2D eigenvalue weighted by atomic mass is 16.1. The van der Waals surface area contributed by atoms with Crippen LogP contribution in [-0.2, 0) is 4.79 Å². The van der Waals surface area contributed by atoms with E-state index in [4.69, 9.17) is 5.73 Å². The molecule has 0 spiro atoms. The Kier molecular flexibility index (Phi) is 4.33. The van der Waals surface area contributed by atoms with E-state index >= 15 is 0 Å². The highest BCUT2D eigenvalue weighted by Gasteiger charge is 2.26. The average molecular weight is 195 g/mol. The van der Waals surface area contributed by atoms with Crippen LogP contribution in [0.3, 0.4) is 0 Å². The van der Waals surface area contributed by atoms with Crippen LogP contribution in [0.5, 0.6) is 0 Å². The summed E-state index contributed by atoms with van der Waals surface area (Å²) in [4.78, 5) is 11.2. The molecule has 0 aromatic heterocycles. The Labute approximate surface area is 86.6 Å². The number of hydrogen-bond donors (Lipinski definition) is 1. The second kappa shape index (κ2) is 5.30. The van der Waals surface area contributed by atoms with Crippen molar-refractivity contribution in [3.05, 3.63) is 12.7 Å². The molecule has 0 saturated heterocycles. The van der Waals surface area contributed by atoms with Crippen molar-refractivity contribution in [3.8, 4) is 0 Å². The molecule has 0 bridgehead atoms. The van der Waals surface area contributed by atoms with Gasteiger partial charge in [0.05, 0.1) is 0 Å². The van der Waals surface area contributed by atoms with E-state index in [2.05, 4.69) is 13.5 Å². The number of ketones is 1. The molecule has 1 unspecified atom stereocenters. The second-order valence-electron chi connectivity index (χ2n) is 4.54. The molecule has 0 heterocycles. The molecule has 1 saturated carbocycles. The maximum atomic E-state index is 11.2. The van der Waals surface area contributed by atoms with Crippen LogP contribution >= 0.6 is 0 Å². The molecule has 0 aromatic rings. The molecule has 1 aliphatic carbocycles. The summed E-state index contributed by atoms with van der Waals surface area (Å²) in [6.45, 7) is 5.86. The first-order chi connectivity index (χ1) is 6.63. The number of carbonyl (C=O) groups is 1. The minimum absolute atomic E-state index is 0.230. The lowest BCUT2D eigenvalue weighted by atomic mass is 9.76. The van der Waals surface area contributed by atoms with Gasteiger partial charge in [-0.15, -0.1) is 6.58 Å². The summed E-state index contributed by atoms with van der Waals surface area (Å²) in [5.74, 6) is 1.58. The second-order valence-corrected chi connectivity index (χ2v) is 4.54. The van der Waals surface area contributed by atoms with Crippen LogP contribution in [0.15, 0.2) is 12.7 Å². The fraction of sp³-hybridized carbons (Fsp3) is 0.750. The molecule has 0 amide bonds. The first kappa shape index (κ1) is 11.4.